The average molecular weight is 897 g/mol. The van der Waals surface area contributed by atoms with Gasteiger partial charge in [0.1, 0.15) is 0 Å². The van der Waals surface area contributed by atoms with Crippen LogP contribution in [0.25, 0.3) is 33.4 Å². The monoisotopic (exact) mass is 897 g/mol. The molecule has 2 heterocycles. The zero-order valence-electron chi connectivity index (χ0n) is 41.4. The van der Waals surface area contributed by atoms with Gasteiger partial charge in [-0.15, -0.1) is 0 Å². The molecule has 3 aliphatic carbocycles. The summed E-state index contributed by atoms with van der Waals surface area (Å²) in [6, 6.07) is 70.1. The lowest BCUT2D eigenvalue weighted by Gasteiger charge is -2.50. The van der Waals surface area contributed by atoms with Gasteiger partial charge in [-0.3, -0.25) is 0 Å². The van der Waals surface area contributed by atoms with E-state index in [0.717, 1.165) is 0 Å². The Morgan fingerprint density at radius 2 is 0.710 bits per heavy atom. The van der Waals surface area contributed by atoms with Crippen LogP contribution >= 0.6 is 0 Å². The third-order valence-electron chi connectivity index (χ3n) is 19.0. The van der Waals surface area contributed by atoms with Crippen LogP contribution in [0.3, 0.4) is 0 Å². The van der Waals surface area contributed by atoms with E-state index in [2.05, 4.69) is 233 Å². The molecule has 342 valence electrons. The van der Waals surface area contributed by atoms with Gasteiger partial charge >= 0.3 is 0 Å². The maximum absolute atomic E-state index is 2.73. The van der Waals surface area contributed by atoms with Gasteiger partial charge in [0.05, 0.1) is 16.5 Å². The van der Waals surface area contributed by atoms with E-state index in [4.69, 9.17) is 0 Å². The molecule has 4 atom stereocenters. The van der Waals surface area contributed by atoms with E-state index < -0.39 is 5.41 Å². The molecule has 0 amide bonds. The van der Waals surface area contributed by atoms with Crippen molar-refractivity contribution in [1.29, 1.82) is 0 Å². The van der Waals surface area contributed by atoms with Gasteiger partial charge < -0.3 is 9.80 Å². The van der Waals surface area contributed by atoms with E-state index >= 15 is 0 Å². The number of fused-ring (bicyclic) bond motifs is 9. The molecule has 2 heteroatoms. The summed E-state index contributed by atoms with van der Waals surface area (Å²) >= 11 is 0. The fourth-order valence-corrected chi connectivity index (χ4v) is 15.2. The van der Waals surface area contributed by atoms with Gasteiger partial charge in [0.15, 0.2) is 0 Å². The molecule has 2 aliphatic heterocycles. The number of rotatable bonds is 6. The number of anilines is 4. The lowest BCUT2D eigenvalue weighted by molar-refractivity contribution is 0.195. The molecule has 0 radical (unpaired) electrons. The Morgan fingerprint density at radius 3 is 1.10 bits per heavy atom. The first-order chi connectivity index (χ1) is 33.5. The Bertz CT molecular complexity index is 3100. The molecule has 8 aromatic rings. The topological polar surface area (TPSA) is 6.48 Å². The quantitative estimate of drug-likeness (QED) is 0.164. The van der Waals surface area contributed by atoms with Gasteiger partial charge in [-0.25, -0.2) is 0 Å². The van der Waals surface area contributed by atoms with Crippen molar-refractivity contribution in [2.45, 2.75) is 120 Å². The third-order valence-corrected chi connectivity index (χ3v) is 19.0. The highest BCUT2D eigenvalue weighted by molar-refractivity contribution is 5.93. The molecule has 2 saturated carbocycles. The molecular weight excluding hydrogens is 833 g/mol. The summed E-state index contributed by atoms with van der Waals surface area (Å²) in [7, 11) is 0. The van der Waals surface area contributed by atoms with E-state index in [1.807, 2.05) is 0 Å². The lowest BCUT2D eigenvalue weighted by Crippen LogP contribution is -2.54. The SMILES string of the molecule is Cc1cc(-c2ccc3c(c2)-c2cc(-c4cc(C)c5c(c4)C4(C)CCCCC4(C)N5c4ccccc4)ccc2C3(c2ccccc2)c2ccccc2)cc2c1N(c1ccccc1)C1(C)CCCCC21C. The number of para-hydroxylation sites is 2. The first kappa shape index (κ1) is 42.5. The Hall–Kier alpha value is -6.64. The minimum absolute atomic E-state index is 0.000655. The summed E-state index contributed by atoms with van der Waals surface area (Å²) in [6.45, 7) is 15.0. The summed E-state index contributed by atoms with van der Waals surface area (Å²) in [6.07, 6.45) is 9.84. The number of hydrogen-bond acceptors (Lipinski definition) is 2. The van der Waals surface area contributed by atoms with E-state index in [1.54, 1.807) is 0 Å². The van der Waals surface area contributed by atoms with Gasteiger partial charge in [0, 0.05) is 33.6 Å². The predicted octanol–water partition coefficient (Wildman–Crippen LogP) is 17.5. The second-order valence-electron chi connectivity index (χ2n) is 22.3. The van der Waals surface area contributed by atoms with Crippen LogP contribution in [0.15, 0.2) is 182 Å². The van der Waals surface area contributed by atoms with Crippen molar-refractivity contribution >= 4 is 22.7 Å². The molecule has 0 N–H and O–H groups in total. The fourth-order valence-electron chi connectivity index (χ4n) is 15.2. The van der Waals surface area contributed by atoms with Crippen molar-refractivity contribution in [3.05, 3.63) is 226 Å². The highest BCUT2D eigenvalue weighted by Gasteiger charge is 2.59. The minimum Gasteiger partial charge on any atom is -0.334 e. The van der Waals surface area contributed by atoms with Gasteiger partial charge in [0.25, 0.3) is 0 Å². The fraction of sp³-hybridized carbons (Fsp3) is 0.284. The molecule has 5 aliphatic rings. The standard InChI is InChI=1S/C67H64N2/c1-45-39-49(43-59-61(45)68(53-27-15-9-16-28-53)65(5)37-21-19-35-63(59,65)3)47-31-33-57-55(41-47)56-42-48(32-34-58(56)67(57,51-23-11-7-12-24-51)52-25-13-8-14-26-52)50-40-46(2)62-60(44-50)64(4)36-20-22-38-66(64,6)69(62)54-29-17-10-18-30-54/h7-18,23-34,39-44H,19-22,35-38H2,1-6H3. The van der Waals surface area contributed by atoms with Crippen molar-refractivity contribution in [3.8, 4) is 33.4 Å². The predicted molar refractivity (Wildman–Crippen MR) is 290 cm³/mol. The molecule has 69 heavy (non-hydrogen) atoms. The Morgan fingerprint density at radius 1 is 0.348 bits per heavy atom. The van der Waals surface area contributed by atoms with E-state index in [1.165, 1.54) is 152 Å². The van der Waals surface area contributed by atoms with Crippen molar-refractivity contribution in [2.24, 2.45) is 0 Å². The second-order valence-corrected chi connectivity index (χ2v) is 22.3. The average Bonchev–Trinajstić information content (AvgIpc) is 3.88. The Kier molecular flexibility index (Phi) is 9.34. The maximum Gasteiger partial charge on any atom is 0.0713 e. The number of nitrogens with zero attached hydrogens (tertiary/aromatic N) is 2. The summed E-state index contributed by atoms with van der Waals surface area (Å²) in [5.41, 5.74) is 23.9. The van der Waals surface area contributed by atoms with Crippen molar-refractivity contribution in [1.82, 2.24) is 0 Å². The summed E-state index contributed by atoms with van der Waals surface area (Å²) in [5, 5.41) is 0. The first-order valence-electron chi connectivity index (χ1n) is 25.9. The molecule has 0 spiro atoms. The molecule has 8 aromatic carbocycles. The van der Waals surface area contributed by atoms with Crippen molar-refractivity contribution < 1.29 is 0 Å². The van der Waals surface area contributed by atoms with Gasteiger partial charge in [-0.2, -0.15) is 0 Å². The number of hydrogen-bond donors (Lipinski definition) is 0. The zero-order chi connectivity index (χ0) is 46.9. The van der Waals surface area contributed by atoms with Crippen molar-refractivity contribution in [2.75, 3.05) is 9.80 Å². The van der Waals surface area contributed by atoms with E-state index in [-0.39, 0.29) is 21.9 Å². The van der Waals surface area contributed by atoms with Crippen LogP contribution < -0.4 is 9.80 Å². The Labute approximate surface area is 410 Å². The lowest BCUT2D eigenvalue weighted by atomic mass is 9.61. The maximum atomic E-state index is 2.73. The van der Waals surface area contributed by atoms with E-state index in [9.17, 15) is 0 Å². The van der Waals surface area contributed by atoms with Crippen LogP contribution in [0.1, 0.15) is 124 Å². The number of benzene rings is 8. The third kappa shape index (κ3) is 5.67. The number of aryl methyl sites for hydroxylation is 2. The van der Waals surface area contributed by atoms with E-state index in [0.29, 0.717) is 0 Å². The van der Waals surface area contributed by atoms with Crippen LogP contribution in [0.2, 0.25) is 0 Å². The molecule has 4 unspecified atom stereocenters. The first-order valence-corrected chi connectivity index (χ1v) is 25.9. The molecular formula is C67H64N2. The summed E-state index contributed by atoms with van der Waals surface area (Å²) < 4.78 is 0. The van der Waals surface area contributed by atoms with Gasteiger partial charge in [-0.05, 0) is 192 Å². The molecule has 0 saturated heterocycles. The summed E-state index contributed by atoms with van der Waals surface area (Å²) in [4.78, 5) is 5.45. The molecule has 2 nitrogen and oxygen atoms in total. The van der Waals surface area contributed by atoms with Crippen LogP contribution in [-0.4, -0.2) is 11.1 Å². The second kappa shape index (κ2) is 15.2. The smallest absolute Gasteiger partial charge is 0.0713 e. The van der Waals surface area contributed by atoms with Crippen molar-refractivity contribution in [3.63, 3.8) is 0 Å². The minimum atomic E-state index is -0.479. The van der Waals surface area contributed by atoms with Gasteiger partial charge in [0.2, 0.25) is 0 Å². The van der Waals surface area contributed by atoms with Crippen LogP contribution in [0, 0.1) is 13.8 Å². The molecule has 0 bridgehead atoms. The van der Waals surface area contributed by atoms with Crippen LogP contribution in [0.4, 0.5) is 22.7 Å². The molecule has 2 fully saturated rings. The van der Waals surface area contributed by atoms with Gasteiger partial charge in [-0.1, -0.05) is 161 Å². The van der Waals surface area contributed by atoms with Crippen LogP contribution in [-0.2, 0) is 16.2 Å². The molecule has 13 rings (SSSR count). The summed E-state index contributed by atoms with van der Waals surface area (Å²) in [5.74, 6) is 0. The highest BCUT2D eigenvalue weighted by Crippen LogP contribution is 2.65. The normalized spacial score (nSPS) is 24.8. The van der Waals surface area contributed by atoms with Crippen LogP contribution in [0.5, 0.6) is 0 Å². The molecule has 0 aromatic heterocycles. The highest BCUT2D eigenvalue weighted by atomic mass is 15.3. The largest absolute Gasteiger partial charge is 0.334 e. The zero-order valence-corrected chi connectivity index (χ0v) is 41.4. The Balaban J connectivity index is 1.02.